The molecule has 162 valence electrons. The summed E-state index contributed by atoms with van der Waals surface area (Å²) in [5.41, 5.74) is 4.84. The Morgan fingerprint density at radius 1 is 1.21 bits per heavy atom. The molecule has 2 rings (SSSR count). The van der Waals surface area contributed by atoms with Gasteiger partial charge >= 0.3 is 0 Å². The van der Waals surface area contributed by atoms with Gasteiger partial charge in [0.15, 0.2) is 5.96 Å². The van der Waals surface area contributed by atoms with Gasteiger partial charge in [0, 0.05) is 25.8 Å². The summed E-state index contributed by atoms with van der Waals surface area (Å²) in [7, 11) is 3.78. The van der Waals surface area contributed by atoms with Crippen molar-refractivity contribution in [2.45, 2.75) is 53.0 Å². The van der Waals surface area contributed by atoms with Gasteiger partial charge in [0.25, 0.3) is 0 Å². The Hall–Kier alpha value is -1.77. The predicted molar refractivity (Wildman–Crippen MR) is 132 cm³/mol. The second kappa shape index (κ2) is 12.0. The molecular weight excluding hydrogens is 477 g/mol. The van der Waals surface area contributed by atoms with Crippen LogP contribution in [0, 0.1) is 13.8 Å². The molecule has 2 aromatic rings. The zero-order valence-electron chi connectivity index (χ0n) is 18.7. The Bertz CT molecular complexity index is 800. The minimum atomic E-state index is 0. The lowest BCUT2D eigenvalue weighted by atomic mass is 10.0. The largest absolute Gasteiger partial charge is 0.491 e. The fourth-order valence-electron chi connectivity index (χ4n) is 3.32. The summed E-state index contributed by atoms with van der Waals surface area (Å²) in [6.45, 7) is 12.0. The molecule has 0 saturated heterocycles. The van der Waals surface area contributed by atoms with Crippen molar-refractivity contribution in [3.8, 4) is 5.75 Å². The maximum atomic E-state index is 5.97. The van der Waals surface area contributed by atoms with Crippen molar-refractivity contribution >= 4 is 29.9 Å². The summed E-state index contributed by atoms with van der Waals surface area (Å²) in [6.07, 6.45) is 0.907. The number of hydrogen-bond acceptors (Lipinski definition) is 3. The molecule has 1 heterocycles. The Labute approximate surface area is 192 Å². The summed E-state index contributed by atoms with van der Waals surface area (Å²) in [4.78, 5) is 4.33. The van der Waals surface area contributed by atoms with Gasteiger partial charge in [-0.15, -0.1) is 24.0 Å². The maximum Gasteiger partial charge on any atom is 0.191 e. The summed E-state index contributed by atoms with van der Waals surface area (Å²) in [5, 5.41) is 11.3. The molecule has 0 radical (unpaired) electrons. The van der Waals surface area contributed by atoms with Gasteiger partial charge < -0.3 is 15.4 Å². The minimum absolute atomic E-state index is 0. The lowest BCUT2D eigenvalue weighted by Crippen LogP contribution is -2.44. The number of aliphatic imine (C=N–C) groups is 1. The molecule has 0 spiro atoms. The molecular formula is C22H36IN5O. The normalized spacial score (nSPS) is 12.5. The fraction of sp³-hybridized carbons (Fsp3) is 0.545. The number of halogens is 1. The molecule has 0 bridgehead atoms. The van der Waals surface area contributed by atoms with Crippen molar-refractivity contribution in [2.24, 2.45) is 12.0 Å². The Morgan fingerprint density at radius 2 is 1.90 bits per heavy atom. The Balaban J connectivity index is 0.00000420. The highest BCUT2D eigenvalue weighted by atomic mass is 127. The molecule has 0 saturated carbocycles. The van der Waals surface area contributed by atoms with E-state index in [1.165, 1.54) is 16.8 Å². The van der Waals surface area contributed by atoms with Gasteiger partial charge in [-0.05, 0) is 50.3 Å². The number of para-hydroxylation sites is 1. The third kappa shape index (κ3) is 7.21. The van der Waals surface area contributed by atoms with Crippen LogP contribution >= 0.6 is 24.0 Å². The molecule has 1 atom stereocenters. The summed E-state index contributed by atoms with van der Waals surface area (Å²) < 4.78 is 7.91. The topological polar surface area (TPSA) is 63.5 Å². The van der Waals surface area contributed by atoms with Gasteiger partial charge in [0.1, 0.15) is 12.4 Å². The Morgan fingerprint density at radius 3 is 2.48 bits per heavy atom. The predicted octanol–water partition coefficient (Wildman–Crippen LogP) is 3.95. The van der Waals surface area contributed by atoms with Crippen LogP contribution in [0.5, 0.6) is 5.75 Å². The van der Waals surface area contributed by atoms with E-state index in [0.29, 0.717) is 19.1 Å². The van der Waals surface area contributed by atoms with Crippen LogP contribution in [-0.2, 0) is 13.5 Å². The number of ether oxygens (including phenoxy) is 1. The molecule has 2 N–H and O–H groups in total. The SMILES string of the molecule is CN=C(NCCOc1ccccc1C(C)C)NC(C)Cc1c(C)nn(C)c1C.I. The van der Waals surface area contributed by atoms with E-state index < -0.39 is 0 Å². The highest BCUT2D eigenvalue weighted by Crippen LogP contribution is 2.25. The van der Waals surface area contributed by atoms with Gasteiger partial charge in [-0.2, -0.15) is 5.10 Å². The Kier molecular flexibility index (Phi) is 10.5. The smallest absolute Gasteiger partial charge is 0.191 e. The van der Waals surface area contributed by atoms with Crippen LogP contribution < -0.4 is 15.4 Å². The number of nitrogens with zero attached hydrogens (tertiary/aromatic N) is 3. The molecule has 1 aromatic heterocycles. The molecule has 1 unspecified atom stereocenters. The van der Waals surface area contributed by atoms with Crippen molar-refractivity contribution < 1.29 is 4.74 Å². The summed E-state index contributed by atoms with van der Waals surface area (Å²) in [6, 6.07) is 8.47. The van der Waals surface area contributed by atoms with Crippen LogP contribution in [0.3, 0.4) is 0 Å². The molecule has 0 aliphatic carbocycles. The first-order chi connectivity index (χ1) is 13.3. The second-order valence-electron chi connectivity index (χ2n) is 7.56. The van der Waals surface area contributed by atoms with Crippen LogP contribution in [0.25, 0.3) is 0 Å². The lowest BCUT2D eigenvalue weighted by molar-refractivity contribution is 0.317. The van der Waals surface area contributed by atoms with Gasteiger partial charge in [0.05, 0.1) is 12.2 Å². The van der Waals surface area contributed by atoms with Gasteiger partial charge in [-0.1, -0.05) is 32.0 Å². The molecule has 0 fully saturated rings. The summed E-state index contributed by atoms with van der Waals surface area (Å²) >= 11 is 0. The number of hydrogen-bond donors (Lipinski definition) is 2. The van der Waals surface area contributed by atoms with Crippen LogP contribution in [0.2, 0.25) is 0 Å². The van der Waals surface area contributed by atoms with Gasteiger partial charge in [0.2, 0.25) is 0 Å². The van der Waals surface area contributed by atoms with Crippen LogP contribution in [-0.4, -0.2) is 42.0 Å². The van der Waals surface area contributed by atoms with Crippen LogP contribution in [0.15, 0.2) is 29.3 Å². The van der Waals surface area contributed by atoms with Crippen molar-refractivity contribution in [2.75, 3.05) is 20.2 Å². The number of benzene rings is 1. The number of guanidine groups is 1. The number of rotatable bonds is 8. The molecule has 7 heteroatoms. The third-order valence-electron chi connectivity index (χ3n) is 4.97. The number of aromatic nitrogens is 2. The van der Waals surface area contributed by atoms with E-state index in [9.17, 15) is 0 Å². The van der Waals surface area contributed by atoms with Gasteiger partial charge in [-0.3, -0.25) is 9.67 Å². The standard InChI is InChI=1S/C22H35N5O.HI/c1-15(2)19-10-8-9-11-21(19)28-13-12-24-22(23-6)25-16(3)14-20-17(4)26-27(7)18(20)5;/h8-11,15-16H,12-14H2,1-7H3,(H2,23,24,25);1H. The maximum absolute atomic E-state index is 5.97. The molecule has 29 heavy (non-hydrogen) atoms. The van der Waals surface area contributed by atoms with Crippen LogP contribution in [0.4, 0.5) is 0 Å². The fourth-order valence-corrected chi connectivity index (χ4v) is 3.32. The van der Waals surface area contributed by atoms with E-state index in [1.54, 1.807) is 7.05 Å². The zero-order chi connectivity index (χ0) is 20.7. The van der Waals surface area contributed by atoms with E-state index in [-0.39, 0.29) is 30.0 Å². The highest BCUT2D eigenvalue weighted by molar-refractivity contribution is 14.0. The molecule has 6 nitrogen and oxygen atoms in total. The zero-order valence-corrected chi connectivity index (χ0v) is 21.1. The number of aryl methyl sites for hydroxylation is 2. The molecule has 0 aliphatic heterocycles. The van der Waals surface area contributed by atoms with E-state index >= 15 is 0 Å². The van der Waals surface area contributed by atoms with Gasteiger partial charge in [-0.25, -0.2) is 0 Å². The summed E-state index contributed by atoms with van der Waals surface area (Å²) in [5.74, 6) is 2.18. The first-order valence-corrected chi connectivity index (χ1v) is 10.0. The average Bonchev–Trinajstić information content (AvgIpc) is 2.90. The molecule has 1 aromatic carbocycles. The third-order valence-corrected chi connectivity index (χ3v) is 4.97. The van der Waals surface area contributed by atoms with Crippen molar-refractivity contribution in [3.63, 3.8) is 0 Å². The van der Waals surface area contributed by atoms with E-state index in [1.807, 2.05) is 23.9 Å². The molecule has 0 amide bonds. The first kappa shape index (κ1) is 25.3. The quantitative estimate of drug-likeness (QED) is 0.243. The van der Waals surface area contributed by atoms with Crippen molar-refractivity contribution in [3.05, 3.63) is 46.8 Å². The van der Waals surface area contributed by atoms with Crippen molar-refractivity contribution in [1.29, 1.82) is 0 Å². The van der Waals surface area contributed by atoms with Crippen LogP contribution in [0.1, 0.15) is 49.2 Å². The van der Waals surface area contributed by atoms with E-state index in [0.717, 1.165) is 23.8 Å². The lowest BCUT2D eigenvalue weighted by Gasteiger charge is -2.19. The van der Waals surface area contributed by atoms with Crippen molar-refractivity contribution in [1.82, 2.24) is 20.4 Å². The minimum Gasteiger partial charge on any atom is -0.491 e. The second-order valence-corrected chi connectivity index (χ2v) is 7.56. The average molecular weight is 513 g/mol. The highest BCUT2D eigenvalue weighted by Gasteiger charge is 2.14. The van der Waals surface area contributed by atoms with E-state index in [2.05, 4.69) is 67.5 Å². The van der Waals surface area contributed by atoms with E-state index in [4.69, 9.17) is 4.74 Å². The first-order valence-electron chi connectivity index (χ1n) is 10.0. The monoisotopic (exact) mass is 513 g/mol. The number of nitrogens with one attached hydrogen (secondary N) is 2. The molecule has 0 aliphatic rings.